The molecule has 35 heavy (non-hydrogen) atoms. The van der Waals surface area contributed by atoms with Gasteiger partial charge in [-0.1, -0.05) is 66.7 Å². The van der Waals surface area contributed by atoms with Gasteiger partial charge in [-0.25, -0.2) is 5.10 Å². The summed E-state index contributed by atoms with van der Waals surface area (Å²) >= 11 is 0. The van der Waals surface area contributed by atoms with E-state index in [-0.39, 0.29) is 17.2 Å². The molecule has 0 spiro atoms. The Hall–Kier alpha value is -4.26. The van der Waals surface area contributed by atoms with Crippen LogP contribution < -0.4 is 16.2 Å². The Bertz CT molecular complexity index is 1380. The minimum atomic E-state index is -0.212. The third-order valence-electron chi connectivity index (χ3n) is 5.88. The van der Waals surface area contributed by atoms with Gasteiger partial charge in [0.2, 0.25) is 5.91 Å². The van der Waals surface area contributed by atoms with Crippen molar-refractivity contribution in [1.82, 2.24) is 15.5 Å². The molecule has 7 heteroatoms. The second-order valence-corrected chi connectivity index (χ2v) is 8.41. The monoisotopic (exact) mass is 468 g/mol. The highest BCUT2D eigenvalue weighted by Crippen LogP contribution is 2.21. The average Bonchev–Trinajstić information content (AvgIpc) is 2.89. The van der Waals surface area contributed by atoms with Crippen molar-refractivity contribution in [3.63, 3.8) is 0 Å². The first-order chi connectivity index (χ1) is 17.0. The lowest BCUT2D eigenvalue weighted by Crippen LogP contribution is -2.26. The smallest absolute Gasteiger partial charge is 0.272 e. The number of carbonyl (C=O) groups excluding carboxylic acids is 2. The predicted molar refractivity (Wildman–Crippen MR) is 139 cm³/mol. The fourth-order valence-electron chi connectivity index (χ4n) is 3.88. The van der Waals surface area contributed by atoms with Gasteiger partial charge in [0, 0.05) is 30.5 Å². The van der Waals surface area contributed by atoms with Crippen LogP contribution in [0.25, 0.3) is 21.9 Å². The SMILES string of the molecule is CC(=O)c1ccc(-c2ccc(CCC(=O)NCCCNc3n[nH]c(=O)c4ccccc34)cc2)cc1. The molecule has 4 aromatic rings. The van der Waals surface area contributed by atoms with Gasteiger partial charge >= 0.3 is 0 Å². The number of fused-ring (bicyclic) bond motifs is 1. The van der Waals surface area contributed by atoms with Gasteiger partial charge in [0.05, 0.1) is 5.39 Å². The van der Waals surface area contributed by atoms with Crippen molar-refractivity contribution < 1.29 is 9.59 Å². The van der Waals surface area contributed by atoms with Gasteiger partial charge in [-0.2, -0.15) is 5.10 Å². The number of ketones is 1. The van der Waals surface area contributed by atoms with E-state index < -0.39 is 0 Å². The van der Waals surface area contributed by atoms with Crippen LogP contribution in [0.3, 0.4) is 0 Å². The number of hydrogen-bond donors (Lipinski definition) is 3. The predicted octanol–water partition coefficient (Wildman–Crippen LogP) is 4.34. The van der Waals surface area contributed by atoms with Gasteiger partial charge in [0.1, 0.15) is 0 Å². The molecule has 1 heterocycles. The van der Waals surface area contributed by atoms with Crippen LogP contribution in [0.5, 0.6) is 0 Å². The molecule has 0 aliphatic carbocycles. The van der Waals surface area contributed by atoms with E-state index >= 15 is 0 Å². The zero-order valence-corrected chi connectivity index (χ0v) is 19.6. The molecular formula is C28H28N4O3. The number of anilines is 1. The first-order valence-electron chi connectivity index (χ1n) is 11.7. The topological polar surface area (TPSA) is 104 Å². The van der Waals surface area contributed by atoms with Crippen LogP contribution in [-0.2, 0) is 11.2 Å². The van der Waals surface area contributed by atoms with Crippen LogP contribution in [0.15, 0.2) is 77.6 Å². The number of hydrogen-bond acceptors (Lipinski definition) is 5. The number of nitrogens with zero attached hydrogens (tertiary/aromatic N) is 1. The molecule has 1 amide bonds. The number of Topliss-reactive ketones (excluding diaryl/α,β-unsaturated/α-hetero) is 1. The summed E-state index contributed by atoms with van der Waals surface area (Å²) in [5.41, 5.74) is 3.72. The highest BCUT2D eigenvalue weighted by Gasteiger charge is 2.06. The third kappa shape index (κ3) is 6.20. The summed E-state index contributed by atoms with van der Waals surface area (Å²) in [7, 11) is 0. The molecule has 0 saturated heterocycles. The van der Waals surface area contributed by atoms with Crippen molar-refractivity contribution in [1.29, 1.82) is 0 Å². The highest BCUT2D eigenvalue weighted by atomic mass is 16.1. The maximum Gasteiger partial charge on any atom is 0.272 e. The van der Waals surface area contributed by atoms with E-state index in [1.54, 1.807) is 13.0 Å². The molecule has 0 fully saturated rings. The summed E-state index contributed by atoms with van der Waals surface area (Å²) in [5.74, 6) is 0.701. The number of aromatic nitrogens is 2. The maximum absolute atomic E-state index is 12.2. The molecule has 178 valence electrons. The van der Waals surface area contributed by atoms with Crippen LogP contribution >= 0.6 is 0 Å². The summed E-state index contributed by atoms with van der Waals surface area (Å²) in [6.45, 7) is 2.74. The number of carbonyl (C=O) groups is 2. The molecule has 0 atom stereocenters. The second-order valence-electron chi connectivity index (χ2n) is 8.41. The van der Waals surface area contributed by atoms with Gasteiger partial charge in [-0.15, -0.1) is 0 Å². The Kier molecular flexibility index (Phi) is 7.67. The molecule has 7 nitrogen and oxygen atoms in total. The Labute approximate surface area is 203 Å². The number of rotatable bonds is 10. The van der Waals surface area contributed by atoms with Crippen LogP contribution in [0.4, 0.5) is 5.82 Å². The van der Waals surface area contributed by atoms with E-state index in [9.17, 15) is 14.4 Å². The van der Waals surface area contributed by atoms with Crippen LogP contribution in [0, 0.1) is 0 Å². The van der Waals surface area contributed by atoms with E-state index in [2.05, 4.69) is 20.8 Å². The lowest BCUT2D eigenvalue weighted by molar-refractivity contribution is -0.121. The lowest BCUT2D eigenvalue weighted by Gasteiger charge is -2.09. The lowest BCUT2D eigenvalue weighted by atomic mass is 10.0. The van der Waals surface area contributed by atoms with Gasteiger partial charge in [-0.05, 0) is 42.5 Å². The molecule has 3 N–H and O–H groups in total. The van der Waals surface area contributed by atoms with E-state index in [0.29, 0.717) is 42.7 Å². The Morgan fingerprint density at radius 2 is 1.51 bits per heavy atom. The summed E-state index contributed by atoms with van der Waals surface area (Å²) in [6, 6.07) is 23.0. The Morgan fingerprint density at radius 3 is 2.20 bits per heavy atom. The molecule has 0 bridgehead atoms. The summed E-state index contributed by atoms with van der Waals surface area (Å²) in [5, 5.41) is 14.1. The first-order valence-corrected chi connectivity index (χ1v) is 11.7. The molecule has 0 radical (unpaired) electrons. The fraction of sp³-hybridized carbons (Fsp3) is 0.214. The number of nitrogens with one attached hydrogen (secondary N) is 3. The zero-order chi connectivity index (χ0) is 24.6. The average molecular weight is 469 g/mol. The van der Waals surface area contributed by atoms with Crippen LogP contribution in [0.1, 0.15) is 35.7 Å². The molecule has 0 saturated carbocycles. The number of aryl methyl sites for hydroxylation is 1. The molecule has 3 aromatic carbocycles. The molecule has 4 rings (SSSR count). The normalized spacial score (nSPS) is 10.8. The standard InChI is InChI=1S/C28H28N4O3/c1-19(33)21-12-14-23(15-13-21)22-10-7-20(8-11-22)9-16-26(34)29-17-4-18-30-27-24-5-2-3-6-25(24)28(35)32-31-27/h2-3,5-8,10-15H,4,9,16-18H2,1H3,(H,29,34)(H,30,31)(H,32,35). The number of aromatic amines is 1. The van der Waals surface area contributed by atoms with E-state index in [1.165, 1.54) is 0 Å². The summed E-state index contributed by atoms with van der Waals surface area (Å²) in [4.78, 5) is 35.5. The second kappa shape index (κ2) is 11.2. The number of benzene rings is 3. The Balaban J connectivity index is 1.18. The largest absolute Gasteiger partial charge is 0.368 e. The molecule has 0 aliphatic heterocycles. The van der Waals surface area contributed by atoms with Crippen molar-refractivity contribution in [3.05, 3.63) is 94.3 Å². The van der Waals surface area contributed by atoms with Crippen molar-refractivity contribution >= 4 is 28.3 Å². The quantitative estimate of drug-likeness (QED) is 0.237. The minimum Gasteiger partial charge on any atom is -0.368 e. The van der Waals surface area contributed by atoms with Gasteiger partial charge in [0.25, 0.3) is 5.56 Å². The molecule has 0 aliphatic rings. The van der Waals surface area contributed by atoms with Crippen molar-refractivity contribution in [2.75, 3.05) is 18.4 Å². The highest BCUT2D eigenvalue weighted by molar-refractivity contribution is 5.94. The van der Waals surface area contributed by atoms with Gasteiger partial charge in [-0.3, -0.25) is 14.4 Å². The number of H-pyrrole nitrogens is 1. The summed E-state index contributed by atoms with van der Waals surface area (Å²) < 4.78 is 0. The van der Waals surface area contributed by atoms with Crippen LogP contribution in [-0.4, -0.2) is 35.0 Å². The minimum absolute atomic E-state index is 0.0153. The fourth-order valence-corrected chi connectivity index (χ4v) is 3.88. The summed E-state index contributed by atoms with van der Waals surface area (Å²) in [6.07, 6.45) is 1.82. The van der Waals surface area contributed by atoms with Gasteiger partial charge < -0.3 is 10.6 Å². The van der Waals surface area contributed by atoms with Crippen LogP contribution in [0.2, 0.25) is 0 Å². The van der Waals surface area contributed by atoms with E-state index in [1.807, 2.05) is 66.7 Å². The van der Waals surface area contributed by atoms with Crippen molar-refractivity contribution in [2.45, 2.75) is 26.2 Å². The number of amides is 1. The zero-order valence-electron chi connectivity index (χ0n) is 19.6. The molecule has 1 aromatic heterocycles. The Morgan fingerprint density at radius 1 is 0.857 bits per heavy atom. The van der Waals surface area contributed by atoms with Gasteiger partial charge in [0.15, 0.2) is 11.6 Å². The third-order valence-corrected chi connectivity index (χ3v) is 5.88. The molecule has 0 unspecified atom stereocenters. The van der Waals surface area contributed by atoms with Crippen molar-refractivity contribution in [3.8, 4) is 11.1 Å². The van der Waals surface area contributed by atoms with E-state index in [0.717, 1.165) is 28.5 Å². The molecular weight excluding hydrogens is 440 g/mol. The maximum atomic E-state index is 12.2. The van der Waals surface area contributed by atoms with E-state index in [4.69, 9.17) is 0 Å². The first kappa shape index (κ1) is 23.9. The van der Waals surface area contributed by atoms with Crippen molar-refractivity contribution in [2.24, 2.45) is 0 Å².